The van der Waals surface area contributed by atoms with Gasteiger partial charge in [0.05, 0.1) is 0 Å². The molecular weight excluding hydrogens is 330 g/mol. The van der Waals surface area contributed by atoms with Crippen LogP contribution in [-0.4, -0.2) is 15.7 Å². The van der Waals surface area contributed by atoms with E-state index in [0.29, 0.717) is 16.5 Å². The Morgan fingerprint density at radius 3 is 2.73 bits per heavy atom. The highest BCUT2D eigenvalue weighted by Gasteiger charge is 2.11. The van der Waals surface area contributed by atoms with Gasteiger partial charge in [-0.1, -0.05) is 36.4 Å². The summed E-state index contributed by atoms with van der Waals surface area (Å²) in [7, 11) is 0. The highest BCUT2D eigenvalue weighted by molar-refractivity contribution is 7.99. The fourth-order valence-electron chi connectivity index (χ4n) is 1.65. The Labute approximate surface area is 136 Å². The topological polar surface area (TPSA) is 63.8 Å². The van der Waals surface area contributed by atoms with Crippen LogP contribution in [0.5, 0.6) is 0 Å². The van der Waals surface area contributed by atoms with Crippen LogP contribution in [0.2, 0.25) is 5.15 Å². The second-order valence-electron chi connectivity index (χ2n) is 4.51. The van der Waals surface area contributed by atoms with E-state index in [2.05, 4.69) is 15.3 Å². The summed E-state index contributed by atoms with van der Waals surface area (Å²) in [6, 6.07) is 3.68. The first-order chi connectivity index (χ1) is 10.5. The number of aromatic nitrogens is 2. The van der Waals surface area contributed by atoms with Crippen LogP contribution in [0.4, 0.5) is 20.3 Å². The van der Waals surface area contributed by atoms with Crippen LogP contribution < -0.4 is 11.1 Å². The molecule has 1 heterocycles. The van der Waals surface area contributed by atoms with Gasteiger partial charge in [0.15, 0.2) is 27.8 Å². The van der Waals surface area contributed by atoms with E-state index in [4.69, 9.17) is 17.3 Å². The summed E-state index contributed by atoms with van der Waals surface area (Å²) in [5.41, 5.74) is 6.63. The van der Waals surface area contributed by atoms with E-state index < -0.39 is 11.6 Å². The fourth-order valence-corrected chi connectivity index (χ4v) is 2.57. The molecule has 0 spiro atoms. The first-order valence-corrected chi connectivity index (χ1v) is 8.01. The standard InChI is InChI=1S/C14H15ClF2N4S/c1-2-5-22-14-20-12(15)11(18)13(21-14)19-7-8-3-4-9(16)10(17)6-8/h3-4,6H,2,5,7,18H2,1H3,(H,19,20,21). The zero-order chi connectivity index (χ0) is 16.1. The number of rotatable bonds is 6. The lowest BCUT2D eigenvalue weighted by Gasteiger charge is -2.11. The molecule has 1 aromatic heterocycles. The maximum Gasteiger partial charge on any atom is 0.191 e. The van der Waals surface area contributed by atoms with Crippen molar-refractivity contribution < 1.29 is 8.78 Å². The monoisotopic (exact) mass is 344 g/mol. The Morgan fingerprint density at radius 1 is 1.27 bits per heavy atom. The number of halogens is 3. The predicted molar refractivity (Wildman–Crippen MR) is 86.2 cm³/mol. The molecule has 0 aliphatic heterocycles. The summed E-state index contributed by atoms with van der Waals surface area (Å²) >= 11 is 7.46. The van der Waals surface area contributed by atoms with Gasteiger partial charge >= 0.3 is 0 Å². The zero-order valence-electron chi connectivity index (χ0n) is 11.9. The zero-order valence-corrected chi connectivity index (χ0v) is 13.4. The molecule has 0 bridgehead atoms. The van der Waals surface area contributed by atoms with E-state index >= 15 is 0 Å². The molecule has 1 aromatic carbocycles. The molecule has 0 aliphatic rings. The minimum Gasteiger partial charge on any atom is -0.393 e. The van der Waals surface area contributed by atoms with Gasteiger partial charge in [0.2, 0.25) is 0 Å². The van der Waals surface area contributed by atoms with Crippen LogP contribution in [0.25, 0.3) is 0 Å². The smallest absolute Gasteiger partial charge is 0.191 e. The van der Waals surface area contributed by atoms with Gasteiger partial charge in [-0.15, -0.1) is 0 Å². The van der Waals surface area contributed by atoms with Crippen LogP contribution in [0.1, 0.15) is 18.9 Å². The van der Waals surface area contributed by atoms with E-state index in [1.54, 1.807) is 0 Å². The first-order valence-electron chi connectivity index (χ1n) is 6.65. The van der Waals surface area contributed by atoms with Crippen molar-refractivity contribution in [3.05, 3.63) is 40.6 Å². The molecule has 0 atom stereocenters. The van der Waals surface area contributed by atoms with Gasteiger partial charge in [0.1, 0.15) is 5.69 Å². The third-order valence-electron chi connectivity index (χ3n) is 2.76. The molecule has 4 nitrogen and oxygen atoms in total. The Hall–Kier alpha value is -1.60. The van der Waals surface area contributed by atoms with Gasteiger partial charge in [-0.25, -0.2) is 18.7 Å². The third-order valence-corrected chi connectivity index (χ3v) is 4.10. The van der Waals surface area contributed by atoms with Crippen LogP contribution in [0.3, 0.4) is 0 Å². The highest BCUT2D eigenvalue weighted by Crippen LogP contribution is 2.28. The lowest BCUT2D eigenvalue weighted by atomic mass is 10.2. The minimum atomic E-state index is -0.896. The van der Waals surface area contributed by atoms with E-state index in [9.17, 15) is 8.78 Å². The Bertz CT molecular complexity index is 670. The summed E-state index contributed by atoms with van der Waals surface area (Å²) < 4.78 is 26.1. The molecule has 0 unspecified atom stereocenters. The molecule has 2 aromatic rings. The summed E-state index contributed by atoms with van der Waals surface area (Å²) in [5, 5.41) is 3.66. The molecule has 0 saturated heterocycles. The normalized spacial score (nSPS) is 10.7. The molecular formula is C14H15ClF2N4S. The molecule has 0 fully saturated rings. The Morgan fingerprint density at radius 2 is 2.05 bits per heavy atom. The van der Waals surface area contributed by atoms with Gasteiger partial charge < -0.3 is 11.1 Å². The lowest BCUT2D eigenvalue weighted by molar-refractivity contribution is 0.507. The number of thioether (sulfide) groups is 1. The van der Waals surface area contributed by atoms with Gasteiger partial charge in [0.25, 0.3) is 0 Å². The minimum absolute atomic E-state index is 0.168. The van der Waals surface area contributed by atoms with Gasteiger partial charge in [-0.3, -0.25) is 0 Å². The van der Waals surface area contributed by atoms with Gasteiger partial charge in [-0.05, 0) is 24.1 Å². The molecule has 0 radical (unpaired) electrons. The summed E-state index contributed by atoms with van der Waals surface area (Å²) in [5.74, 6) is -0.537. The summed E-state index contributed by atoms with van der Waals surface area (Å²) in [6.45, 7) is 2.29. The van der Waals surface area contributed by atoms with Crippen LogP contribution in [0, 0.1) is 11.6 Å². The number of benzene rings is 1. The lowest BCUT2D eigenvalue weighted by Crippen LogP contribution is -2.07. The van der Waals surface area contributed by atoms with Crippen molar-refractivity contribution in [2.45, 2.75) is 25.0 Å². The number of nitrogens with zero attached hydrogens (tertiary/aromatic N) is 2. The van der Waals surface area contributed by atoms with Crippen molar-refractivity contribution >= 4 is 34.9 Å². The number of hydrogen-bond acceptors (Lipinski definition) is 5. The number of nitrogens with two attached hydrogens (primary N) is 1. The first kappa shape index (κ1) is 16.8. The highest BCUT2D eigenvalue weighted by atomic mass is 35.5. The van der Waals surface area contributed by atoms with Crippen LogP contribution >= 0.6 is 23.4 Å². The van der Waals surface area contributed by atoms with Crippen LogP contribution in [0.15, 0.2) is 23.4 Å². The van der Waals surface area contributed by atoms with Crippen molar-refractivity contribution in [2.24, 2.45) is 0 Å². The molecule has 2 rings (SSSR count). The van der Waals surface area contributed by atoms with E-state index in [0.717, 1.165) is 24.3 Å². The van der Waals surface area contributed by atoms with E-state index in [1.165, 1.54) is 17.8 Å². The van der Waals surface area contributed by atoms with Crippen molar-refractivity contribution in [2.75, 3.05) is 16.8 Å². The summed E-state index contributed by atoms with van der Waals surface area (Å²) in [6.07, 6.45) is 0.980. The quantitative estimate of drug-likeness (QED) is 0.469. The third kappa shape index (κ3) is 4.20. The largest absolute Gasteiger partial charge is 0.393 e. The van der Waals surface area contributed by atoms with Crippen molar-refractivity contribution in [3.63, 3.8) is 0 Å². The van der Waals surface area contributed by atoms with E-state index in [1.807, 2.05) is 6.92 Å². The van der Waals surface area contributed by atoms with Gasteiger partial charge in [-0.2, -0.15) is 0 Å². The Balaban J connectivity index is 2.14. The van der Waals surface area contributed by atoms with Gasteiger partial charge in [0, 0.05) is 12.3 Å². The molecule has 3 N–H and O–H groups in total. The summed E-state index contributed by atoms with van der Waals surface area (Å²) in [4.78, 5) is 8.38. The number of nitrogen functional groups attached to an aromatic ring is 1. The van der Waals surface area contributed by atoms with Crippen molar-refractivity contribution in [1.82, 2.24) is 9.97 Å². The Kier molecular flexibility index (Phi) is 5.79. The predicted octanol–water partition coefficient (Wildman–Crippen LogP) is 4.10. The van der Waals surface area contributed by atoms with E-state index in [-0.39, 0.29) is 17.4 Å². The second-order valence-corrected chi connectivity index (χ2v) is 5.93. The number of anilines is 2. The second kappa shape index (κ2) is 7.60. The average molecular weight is 345 g/mol. The molecule has 0 saturated carbocycles. The average Bonchev–Trinajstić information content (AvgIpc) is 2.50. The molecule has 22 heavy (non-hydrogen) atoms. The maximum atomic E-state index is 13.2. The van der Waals surface area contributed by atoms with Crippen LogP contribution in [-0.2, 0) is 6.54 Å². The molecule has 0 amide bonds. The maximum absolute atomic E-state index is 13.2. The number of nitrogens with one attached hydrogen (secondary N) is 1. The molecule has 8 heteroatoms. The number of hydrogen-bond donors (Lipinski definition) is 2. The molecule has 0 aliphatic carbocycles. The molecule has 118 valence electrons. The van der Waals surface area contributed by atoms with Crippen molar-refractivity contribution in [3.8, 4) is 0 Å². The SMILES string of the molecule is CCCSc1nc(Cl)c(N)c(NCc2ccc(F)c(F)c2)n1. The fraction of sp³-hybridized carbons (Fsp3) is 0.286. The van der Waals surface area contributed by atoms with Crippen molar-refractivity contribution in [1.29, 1.82) is 0 Å².